The van der Waals surface area contributed by atoms with E-state index < -0.39 is 6.10 Å². The van der Waals surface area contributed by atoms with Gasteiger partial charge in [-0.1, -0.05) is 52.5 Å². The van der Waals surface area contributed by atoms with Crippen LogP contribution < -0.4 is 10.1 Å². The Morgan fingerprint density at radius 3 is 2.50 bits per heavy atom. The van der Waals surface area contributed by atoms with E-state index in [4.69, 9.17) is 55.6 Å². The van der Waals surface area contributed by atoms with E-state index in [0.717, 1.165) is 5.56 Å². The minimum Gasteiger partial charge on any atom is -0.479 e. The summed E-state index contributed by atoms with van der Waals surface area (Å²) in [6, 6.07) is 13.6. The number of benzene rings is 3. The number of amides is 1. The zero-order valence-corrected chi connectivity index (χ0v) is 19.9. The molecule has 1 amide bonds. The molecule has 164 valence electrons. The fraction of sp³-hybridized carbons (Fsp3) is 0.130. The highest BCUT2D eigenvalue weighted by Crippen LogP contribution is 2.33. The van der Waals surface area contributed by atoms with Gasteiger partial charge in [-0.05, 0) is 61.9 Å². The third kappa shape index (κ3) is 4.81. The maximum absolute atomic E-state index is 12.7. The van der Waals surface area contributed by atoms with Crippen molar-refractivity contribution in [3.05, 3.63) is 74.2 Å². The number of hydrogen-bond acceptors (Lipinski definition) is 4. The van der Waals surface area contributed by atoms with Crippen LogP contribution in [-0.4, -0.2) is 17.0 Å². The summed E-state index contributed by atoms with van der Waals surface area (Å²) in [5, 5.41) is 4.52. The molecule has 1 unspecified atom stereocenters. The number of halogens is 4. The predicted molar refractivity (Wildman–Crippen MR) is 129 cm³/mol. The Hall–Kier alpha value is -2.44. The summed E-state index contributed by atoms with van der Waals surface area (Å²) in [7, 11) is 0. The van der Waals surface area contributed by atoms with Crippen molar-refractivity contribution in [2.24, 2.45) is 0 Å². The smallest absolute Gasteiger partial charge is 0.265 e. The van der Waals surface area contributed by atoms with Gasteiger partial charge in [0.25, 0.3) is 5.91 Å². The first kappa shape index (κ1) is 22.7. The van der Waals surface area contributed by atoms with Gasteiger partial charge in [-0.2, -0.15) is 0 Å². The molecule has 0 aliphatic carbocycles. The largest absolute Gasteiger partial charge is 0.479 e. The molecule has 1 N–H and O–H groups in total. The molecule has 9 heteroatoms. The second-order valence-corrected chi connectivity index (χ2v) is 8.80. The van der Waals surface area contributed by atoms with E-state index >= 15 is 0 Å². The first-order chi connectivity index (χ1) is 15.2. The highest BCUT2D eigenvalue weighted by molar-refractivity contribution is 6.38. The molecule has 0 saturated carbocycles. The van der Waals surface area contributed by atoms with Gasteiger partial charge in [0.1, 0.15) is 11.3 Å². The van der Waals surface area contributed by atoms with Crippen molar-refractivity contribution in [3.63, 3.8) is 0 Å². The van der Waals surface area contributed by atoms with E-state index in [2.05, 4.69) is 10.3 Å². The summed E-state index contributed by atoms with van der Waals surface area (Å²) < 4.78 is 11.5. The van der Waals surface area contributed by atoms with Crippen molar-refractivity contribution in [1.82, 2.24) is 4.98 Å². The van der Waals surface area contributed by atoms with Crippen molar-refractivity contribution in [2.75, 3.05) is 5.32 Å². The highest BCUT2D eigenvalue weighted by Gasteiger charge is 2.19. The standard InChI is InChI=1S/C23H16Cl4N2O3/c1-11-3-4-13(23-29-19-10-15(25)9-17(27)21(19)32-23)7-18(11)28-22(30)12(2)31-20-6-5-14(24)8-16(20)26/h3-10,12H,1-2H3,(H,28,30). The average Bonchev–Trinajstić information content (AvgIpc) is 3.16. The summed E-state index contributed by atoms with van der Waals surface area (Å²) in [5.41, 5.74) is 3.11. The molecule has 32 heavy (non-hydrogen) atoms. The normalized spacial score (nSPS) is 12.1. The number of anilines is 1. The van der Waals surface area contributed by atoms with E-state index in [0.29, 0.717) is 54.1 Å². The third-order valence-corrected chi connectivity index (χ3v) is 5.75. The molecule has 3 aromatic carbocycles. The predicted octanol–water partition coefficient (Wildman–Crippen LogP) is 7.82. The number of oxazole rings is 1. The Morgan fingerprint density at radius 2 is 1.75 bits per heavy atom. The van der Waals surface area contributed by atoms with E-state index in [1.807, 2.05) is 19.1 Å². The summed E-state index contributed by atoms with van der Waals surface area (Å²) in [4.78, 5) is 17.2. The molecule has 0 fully saturated rings. The lowest BCUT2D eigenvalue weighted by atomic mass is 10.1. The summed E-state index contributed by atoms with van der Waals surface area (Å²) in [6.45, 7) is 3.51. The van der Waals surface area contributed by atoms with Gasteiger partial charge in [-0.25, -0.2) is 4.98 Å². The number of hydrogen-bond donors (Lipinski definition) is 1. The van der Waals surface area contributed by atoms with Gasteiger partial charge in [-0.3, -0.25) is 4.79 Å². The molecule has 1 heterocycles. The first-order valence-corrected chi connectivity index (χ1v) is 11.0. The summed E-state index contributed by atoms with van der Waals surface area (Å²) in [5.74, 6) is 0.381. The summed E-state index contributed by atoms with van der Waals surface area (Å²) in [6.07, 6.45) is -0.804. The van der Waals surface area contributed by atoms with E-state index in [-0.39, 0.29) is 5.91 Å². The van der Waals surface area contributed by atoms with Crippen molar-refractivity contribution >= 4 is 69.1 Å². The van der Waals surface area contributed by atoms with Crippen LogP contribution in [0.25, 0.3) is 22.6 Å². The van der Waals surface area contributed by atoms with Crippen LogP contribution in [0.15, 0.2) is 52.9 Å². The van der Waals surface area contributed by atoms with Crippen molar-refractivity contribution in [3.8, 4) is 17.2 Å². The Balaban J connectivity index is 1.56. The molecule has 0 aliphatic rings. The second kappa shape index (κ2) is 9.20. The number of aromatic nitrogens is 1. The number of aryl methyl sites for hydroxylation is 1. The van der Waals surface area contributed by atoms with Crippen molar-refractivity contribution < 1.29 is 13.9 Å². The van der Waals surface area contributed by atoms with Gasteiger partial charge in [0, 0.05) is 21.3 Å². The molecular formula is C23H16Cl4N2O3. The van der Waals surface area contributed by atoms with Crippen molar-refractivity contribution in [2.45, 2.75) is 20.0 Å². The molecule has 0 aliphatic heterocycles. The topological polar surface area (TPSA) is 64.4 Å². The minimum absolute atomic E-state index is 0.324. The molecule has 0 spiro atoms. The Labute approximate surface area is 204 Å². The Morgan fingerprint density at radius 1 is 1.00 bits per heavy atom. The quantitative estimate of drug-likeness (QED) is 0.297. The van der Waals surface area contributed by atoms with Crippen LogP contribution in [0, 0.1) is 6.92 Å². The van der Waals surface area contributed by atoms with Gasteiger partial charge >= 0.3 is 0 Å². The number of carbonyl (C=O) groups is 1. The lowest BCUT2D eigenvalue weighted by Crippen LogP contribution is -2.30. The number of ether oxygens (including phenoxy) is 1. The van der Waals surface area contributed by atoms with Crippen molar-refractivity contribution in [1.29, 1.82) is 0 Å². The number of nitrogens with one attached hydrogen (secondary N) is 1. The fourth-order valence-electron chi connectivity index (χ4n) is 3.02. The maximum atomic E-state index is 12.7. The number of rotatable bonds is 5. The van der Waals surface area contributed by atoms with Crippen LogP contribution in [0.1, 0.15) is 12.5 Å². The molecule has 5 nitrogen and oxygen atoms in total. The molecular weight excluding hydrogens is 494 g/mol. The van der Waals surface area contributed by atoms with E-state index in [1.54, 1.807) is 43.3 Å². The number of fused-ring (bicyclic) bond motifs is 1. The zero-order valence-electron chi connectivity index (χ0n) is 16.9. The van der Waals surface area contributed by atoms with Gasteiger partial charge in [-0.15, -0.1) is 0 Å². The van der Waals surface area contributed by atoms with Crippen LogP contribution in [0.3, 0.4) is 0 Å². The van der Waals surface area contributed by atoms with Crippen LogP contribution >= 0.6 is 46.4 Å². The molecule has 4 rings (SSSR count). The number of carbonyl (C=O) groups excluding carboxylic acids is 1. The minimum atomic E-state index is -0.804. The molecule has 1 atom stereocenters. The monoisotopic (exact) mass is 508 g/mol. The Bertz CT molecular complexity index is 1340. The van der Waals surface area contributed by atoms with Gasteiger partial charge in [0.05, 0.1) is 10.0 Å². The SMILES string of the molecule is Cc1ccc(-c2nc3cc(Cl)cc(Cl)c3o2)cc1NC(=O)C(C)Oc1ccc(Cl)cc1Cl. The van der Waals surface area contributed by atoms with Gasteiger partial charge < -0.3 is 14.5 Å². The maximum Gasteiger partial charge on any atom is 0.265 e. The van der Waals surface area contributed by atoms with Gasteiger partial charge in [0.15, 0.2) is 11.7 Å². The van der Waals surface area contributed by atoms with Crippen LogP contribution in [0.2, 0.25) is 20.1 Å². The number of nitrogens with zero attached hydrogens (tertiary/aromatic N) is 1. The highest BCUT2D eigenvalue weighted by atomic mass is 35.5. The van der Waals surface area contributed by atoms with Gasteiger partial charge in [0.2, 0.25) is 5.89 Å². The van der Waals surface area contributed by atoms with Crippen LogP contribution in [-0.2, 0) is 4.79 Å². The summed E-state index contributed by atoms with van der Waals surface area (Å²) >= 11 is 24.3. The molecule has 0 radical (unpaired) electrons. The Kier molecular flexibility index (Phi) is 6.54. The molecule has 4 aromatic rings. The first-order valence-electron chi connectivity index (χ1n) is 9.50. The van der Waals surface area contributed by atoms with E-state index in [9.17, 15) is 4.79 Å². The zero-order chi connectivity index (χ0) is 23.0. The van der Waals surface area contributed by atoms with Crippen LogP contribution in [0.5, 0.6) is 5.75 Å². The average molecular weight is 510 g/mol. The fourth-order valence-corrected chi connectivity index (χ4v) is 4.00. The molecule has 0 bridgehead atoms. The third-order valence-electron chi connectivity index (χ3n) is 4.72. The lowest BCUT2D eigenvalue weighted by Gasteiger charge is -2.17. The van der Waals surface area contributed by atoms with Crippen LogP contribution in [0.4, 0.5) is 5.69 Å². The molecule has 0 saturated heterocycles. The lowest BCUT2D eigenvalue weighted by molar-refractivity contribution is -0.122. The van der Waals surface area contributed by atoms with E-state index in [1.165, 1.54) is 0 Å². The molecule has 1 aromatic heterocycles. The second-order valence-electron chi connectivity index (χ2n) is 7.11.